The number of rotatable bonds is 5. The van der Waals surface area contributed by atoms with Crippen LogP contribution < -0.4 is 10.9 Å². The van der Waals surface area contributed by atoms with Gasteiger partial charge in [-0.15, -0.1) is 0 Å². The van der Waals surface area contributed by atoms with Crippen LogP contribution in [0, 0.1) is 0 Å². The number of carbonyl (C=O) groups is 2. The first-order chi connectivity index (χ1) is 11.0. The molecule has 0 aliphatic rings. The van der Waals surface area contributed by atoms with Gasteiger partial charge in [-0.2, -0.15) is 0 Å². The second-order valence-corrected chi connectivity index (χ2v) is 6.61. The minimum Gasteiger partial charge on any atom is -0.462 e. The van der Waals surface area contributed by atoms with Crippen LogP contribution in [-0.2, 0) is 16.0 Å². The number of carbonyl (C=O) groups excluding carboxylic acids is 2. The molecule has 1 rings (SSSR count). The van der Waals surface area contributed by atoms with E-state index in [9.17, 15) is 14.4 Å². The highest BCUT2D eigenvalue weighted by molar-refractivity contribution is 6.32. The Balaban J connectivity index is 2.90. The SMILES string of the molecule is CCOC(=O)c1ccc(=O)n(C[C@H](C)NC(=O)OC(C)(C)C)c1Cl. The average molecular weight is 359 g/mol. The molecule has 1 aromatic rings. The van der Waals surface area contributed by atoms with Crippen LogP contribution in [0.2, 0.25) is 5.15 Å². The Hall–Kier alpha value is -2.02. The number of nitrogens with zero attached hydrogens (tertiary/aromatic N) is 1. The normalized spacial score (nSPS) is 12.4. The van der Waals surface area contributed by atoms with E-state index in [1.54, 1.807) is 34.6 Å². The third kappa shape index (κ3) is 5.88. The van der Waals surface area contributed by atoms with Gasteiger partial charge in [0.05, 0.1) is 12.2 Å². The number of amides is 1. The van der Waals surface area contributed by atoms with Crippen LogP contribution in [0.3, 0.4) is 0 Å². The molecule has 0 aliphatic heterocycles. The standard InChI is InChI=1S/C16H23ClN2O5/c1-6-23-14(21)11-7-8-12(20)19(13(11)17)9-10(2)18-15(22)24-16(3,4)5/h7-8,10H,6,9H2,1-5H3,(H,18,22)/t10-/m0/s1. The lowest BCUT2D eigenvalue weighted by molar-refractivity contribution is 0.0496. The highest BCUT2D eigenvalue weighted by Crippen LogP contribution is 2.15. The summed E-state index contributed by atoms with van der Waals surface area (Å²) < 4.78 is 11.3. The fourth-order valence-electron chi connectivity index (χ4n) is 1.91. The van der Waals surface area contributed by atoms with Crippen molar-refractivity contribution in [3.63, 3.8) is 0 Å². The lowest BCUT2D eigenvalue weighted by atomic mass is 10.2. The summed E-state index contributed by atoms with van der Waals surface area (Å²) in [5.41, 5.74) is -0.907. The molecule has 1 aromatic heterocycles. The van der Waals surface area contributed by atoms with Crippen molar-refractivity contribution in [3.05, 3.63) is 33.2 Å². The lowest BCUT2D eigenvalue weighted by Crippen LogP contribution is -2.41. The maximum atomic E-state index is 12.0. The van der Waals surface area contributed by atoms with Gasteiger partial charge >= 0.3 is 12.1 Å². The Morgan fingerprint density at radius 1 is 1.33 bits per heavy atom. The molecule has 0 unspecified atom stereocenters. The zero-order chi connectivity index (χ0) is 18.5. The van der Waals surface area contributed by atoms with Gasteiger partial charge in [0, 0.05) is 18.7 Å². The fourth-order valence-corrected chi connectivity index (χ4v) is 2.21. The van der Waals surface area contributed by atoms with Gasteiger partial charge in [0.2, 0.25) is 0 Å². The van der Waals surface area contributed by atoms with Crippen LogP contribution >= 0.6 is 11.6 Å². The third-order valence-electron chi connectivity index (χ3n) is 2.83. The van der Waals surface area contributed by atoms with Crippen molar-refractivity contribution in [2.24, 2.45) is 0 Å². The second kappa shape index (κ2) is 8.19. The summed E-state index contributed by atoms with van der Waals surface area (Å²) in [4.78, 5) is 35.6. The Kier molecular flexibility index (Phi) is 6.83. The molecule has 7 nitrogen and oxygen atoms in total. The number of alkyl carbamates (subject to hydrolysis) is 1. The van der Waals surface area contributed by atoms with Crippen molar-refractivity contribution in [3.8, 4) is 0 Å². The Labute approximate surface area is 145 Å². The summed E-state index contributed by atoms with van der Waals surface area (Å²) in [6.07, 6.45) is -0.597. The van der Waals surface area contributed by atoms with E-state index in [2.05, 4.69) is 5.32 Å². The molecular formula is C16H23ClN2O5. The summed E-state index contributed by atoms with van der Waals surface area (Å²) in [5, 5.41) is 2.59. The van der Waals surface area contributed by atoms with E-state index in [0.29, 0.717) is 0 Å². The van der Waals surface area contributed by atoms with Crippen LogP contribution in [0.25, 0.3) is 0 Å². The molecule has 24 heavy (non-hydrogen) atoms. The number of nitrogens with one attached hydrogen (secondary N) is 1. The van der Waals surface area contributed by atoms with Crippen LogP contribution in [0.5, 0.6) is 0 Å². The molecular weight excluding hydrogens is 336 g/mol. The number of hydrogen-bond acceptors (Lipinski definition) is 5. The molecule has 1 amide bonds. The summed E-state index contributed by atoms with van der Waals surface area (Å²) in [7, 11) is 0. The number of aromatic nitrogens is 1. The van der Waals surface area contributed by atoms with Crippen LogP contribution in [0.15, 0.2) is 16.9 Å². The molecule has 134 valence electrons. The van der Waals surface area contributed by atoms with Crippen LogP contribution in [-0.4, -0.2) is 34.9 Å². The van der Waals surface area contributed by atoms with E-state index < -0.39 is 23.7 Å². The average Bonchev–Trinajstić information content (AvgIpc) is 2.41. The number of hydrogen-bond donors (Lipinski definition) is 1. The quantitative estimate of drug-likeness (QED) is 0.645. The largest absolute Gasteiger partial charge is 0.462 e. The Bertz CT molecular complexity index is 663. The van der Waals surface area contributed by atoms with Crippen molar-refractivity contribution in [1.29, 1.82) is 0 Å². The van der Waals surface area contributed by atoms with E-state index in [0.717, 1.165) is 0 Å². The molecule has 0 spiro atoms. The molecule has 0 saturated carbocycles. The number of halogens is 1. The van der Waals surface area contributed by atoms with Crippen molar-refractivity contribution in [1.82, 2.24) is 9.88 Å². The Morgan fingerprint density at radius 3 is 2.50 bits per heavy atom. The second-order valence-electron chi connectivity index (χ2n) is 6.25. The van der Waals surface area contributed by atoms with Gasteiger partial charge in [0.25, 0.3) is 5.56 Å². The molecule has 1 heterocycles. The van der Waals surface area contributed by atoms with E-state index in [-0.39, 0.29) is 29.4 Å². The van der Waals surface area contributed by atoms with Gasteiger partial charge in [-0.25, -0.2) is 9.59 Å². The van der Waals surface area contributed by atoms with Crippen molar-refractivity contribution in [2.75, 3.05) is 6.61 Å². The molecule has 8 heteroatoms. The minimum atomic E-state index is -0.623. The van der Waals surface area contributed by atoms with Gasteiger partial charge in [-0.1, -0.05) is 11.6 Å². The van der Waals surface area contributed by atoms with Gasteiger partial charge in [-0.3, -0.25) is 9.36 Å². The predicted molar refractivity (Wildman–Crippen MR) is 90.5 cm³/mol. The molecule has 0 aromatic carbocycles. The van der Waals surface area contributed by atoms with E-state index >= 15 is 0 Å². The molecule has 0 saturated heterocycles. The van der Waals surface area contributed by atoms with Crippen LogP contribution in [0.4, 0.5) is 4.79 Å². The van der Waals surface area contributed by atoms with Crippen molar-refractivity contribution >= 4 is 23.7 Å². The monoisotopic (exact) mass is 358 g/mol. The fraction of sp³-hybridized carbons (Fsp3) is 0.562. The van der Waals surface area contributed by atoms with E-state index in [1.807, 2.05) is 0 Å². The van der Waals surface area contributed by atoms with Gasteiger partial charge in [-0.05, 0) is 40.7 Å². The zero-order valence-electron chi connectivity index (χ0n) is 14.5. The lowest BCUT2D eigenvalue weighted by Gasteiger charge is -2.22. The Morgan fingerprint density at radius 2 is 1.96 bits per heavy atom. The first-order valence-corrected chi connectivity index (χ1v) is 7.99. The van der Waals surface area contributed by atoms with Crippen molar-refractivity contribution in [2.45, 2.75) is 52.8 Å². The highest BCUT2D eigenvalue weighted by Gasteiger charge is 2.20. The number of pyridine rings is 1. The third-order valence-corrected chi connectivity index (χ3v) is 3.24. The molecule has 0 radical (unpaired) electrons. The highest BCUT2D eigenvalue weighted by atomic mass is 35.5. The first-order valence-electron chi connectivity index (χ1n) is 7.61. The molecule has 1 N–H and O–H groups in total. The predicted octanol–water partition coefficient (Wildman–Crippen LogP) is 2.59. The first kappa shape index (κ1) is 20.0. The van der Waals surface area contributed by atoms with Gasteiger partial charge in [0.15, 0.2) is 0 Å². The summed E-state index contributed by atoms with van der Waals surface area (Å²) in [5.74, 6) is -0.607. The molecule has 1 atom stereocenters. The minimum absolute atomic E-state index is 0.0289. The van der Waals surface area contributed by atoms with Gasteiger partial charge < -0.3 is 14.8 Å². The molecule has 0 bridgehead atoms. The van der Waals surface area contributed by atoms with Gasteiger partial charge in [0.1, 0.15) is 10.8 Å². The number of esters is 1. The summed E-state index contributed by atoms with van der Waals surface area (Å²) in [6, 6.07) is 2.12. The smallest absolute Gasteiger partial charge is 0.407 e. The topological polar surface area (TPSA) is 86.6 Å². The summed E-state index contributed by atoms with van der Waals surface area (Å²) >= 11 is 6.15. The van der Waals surface area contributed by atoms with E-state index in [1.165, 1.54) is 16.7 Å². The number of ether oxygens (including phenoxy) is 2. The maximum Gasteiger partial charge on any atom is 0.407 e. The van der Waals surface area contributed by atoms with E-state index in [4.69, 9.17) is 21.1 Å². The van der Waals surface area contributed by atoms with Crippen molar-refractivity contribution < 1.29 is 19.1 Å². The zero-order valence-corrected chi connectivity index (χ0v) is 15.3. The summed E-state index contributed by atoms with van der Waals surface area (Å²) in [6.45, 7) is 8.91. The molecule has 0 fully saturated rings. The molecule has 0 aliphatic carbocycles. The van der Waals surface area contributed by atoms with Crippen LogP contribution in [0.1, 0.15) is 45.0 Å². The maximum absolute atomic E-state index is 12.0.